The number of benzene rings is 2. The van der Waals surface area contributed by atoms with E-state index in [0.717, 1.165) is 23.2 Å². The Morgan fingerprint density at radius 1 is 1.19 bits per heavy atom. The van der Waals surface area contributed by atoms with Gasteiger partial charge in [0.05, 0.1) is 35.0 Å². The van der Waals surface area contributed by atoms with E-state index in [4.69, 9.17) is 21.4 Å². The van der Waals surface area contributed by atoms with Gasteiger partial charge in [0.2, 0.25) is 0 Å². The molecule has 0 saturated carbocycles. The third kappa shape index (κ3) is 2.88. The number of carboxylic acid groups (broad SMARTS) is 1. The summed E-state index contributed by atoms with van der Waals surface area (Å²) in [7, 11) is 1.37. The smallest absolute Gasteiger partial charge is 0.338 e. The van der Waals surface area contributed by atoms with Crippen molar-refractivity contribution in [2.24, 2.45) is 5.92 Å². The maximum atomic E-state index is 12.3. The van der Waals surface area contributed by atoms with Crippen LogP contribution in [0.25, 0.3) is 0 Å². The van der Waals surface area contributed by atoms with E-state index in [1.165, 1.54) is 7.11 Å². The number of rotatable bonds is 3. The number of hydrogen-bond acceptors (Lipinski definition) is 4. The van der Waals surface area contributed by atoms with Crippen LogP contribution >= 0.6 is 11.6 Å². The molecule has 2 aliphatic rings. The van der Waals surface area contributed by atoms with Gasteiger partial charge in [0.1, 0.15) is 0 Å². The van der Waals surface area contributed by atoms with Gasteiger partial charge < -0.3 is 15.2 Å². The number of carboxylic acids is 1. The Bertz CT molecular complexity index is 951. The van der Waals surface area contributed by atoms with E-state index >= 15 is 0 Å². The van der Waals surface area contributed by atoms with E-state index in [9.17, 15) is 9.59 Å². The summed E-state index contributed by atoms with van der Waals surface area (Å²) in [6, 6.07) is 10.3. The molecule has 1 aliphatic heterocycles. The third-order valence-electron chi connectivity index (χ3n) is 5.39. The van der Waals surface area contributed by atoms with Crippen molar-refractivity contribution >= 4 is 29.2 Å². The molecule has 4 rings (SSSR count). The molecule has 3 atom stereocenters. The Hall–Kier alpha value is -2.79. The highest BCUT2D eigenvalue weighted by molar-refractivity contribution is 6.33. The number of ether oxygens (including phenoxy) is 1. The molecule has 5 nitrogen and oxygen atoms in total. The van der Waals surface area contributed by atoms with Gasteiger partial charge in [-0.3, -0.25) is 0 Å². The Morgan fingerprint density at radius 3 is 2.59 bits per heavy atom. The second-order valence-electron chi connectivity index (χ2n) is 6.78. The van der Waals surface area contributed by atoms with Crippen molar-refractivity contribution in [2.75, 3.05) is 12.4 Å². The van der Waals surface area contributed by atoms with Crippen molar-refractivity contribution in [3.63, 3.8) is 0 Å². The van der Waals surface area contributed by atoms with Gasteiger partial charge in [-0.1, -0.05) is 35.9 Å². The predicted molar refractivity (Wildman–Crippen MR) is 103 cm³/mol. The molecule has 138 valence electrons. The molecule has 1 heterocycles. The van der Waals surface area contributed by atoms with Crippen LogP contribution in [0.5, 0.6) is 0 Å². The fourth-order valence-electron chi connectivity index (χ4n) is 4.13. The van der Waals surface area contributed by atoms with Crippen molar-refractivity contribution in [1.82, 2.24) is 0 Å². The fourth-order valence-corrected chi connectivity index (χ4v) is 4.34. The number of aromatic carboxylic acids is 1. The first-order valence-corrected chi connectivity index (χ1v) is 9.06. The molecule has 27 heavy (non-hydrogen) atoms. The van der Waals surface area contributed by atoms with Gasteiger partial charge in [-0.2, -0.15) is 0 Å². The molecule has 6 heteroatoms. The first kappa shape index (κ1) is 17.6. The number of allylic oxidation sites excluding steroid dienone is 2. The summed E-state index contributed by atoms with van der Waals surface area (Å²) in [5, 5.41) is 13.2. The van der Waals surface area contributed by atoms with Crippen LogP contribution in [0, 0.1) is 5.92 Å². The van der Waals surface area contributed by atoms with Crippen molar-refractivity contribution in [1.29, 1.82) is 0 Å². The zero-order valence-electron chi connectivity index (χ0n) is 14.6. The van der Waals surface area contributed by atoms with Crippen LogP contribution in [0.1, 0.15) is 50.2 Å². The highest BCUT2D eigenvalue weighted by Crippen LogP contribution is 2.52. The summed E-state index contributed by atoms with van der Waals surface area (Å²) in [6.45, 7) is 0. The molecule has 2 N–H and O–H groups in total. The number of nitrogens with one attached hydrogen (secondary N) is 1. The van der Waals surface area contributed by atoms with Gasteiger partial charge in [0.15, 0.2) is 0 Å². The van der Waals surface area contributed by atoms with E-state index in [1.54, 1.807) is 24.3 Å². The van der Waals surface area contributed by atoms with Gasteiger partial charge in [-0.05, 0) is 47.7 Å². The normalized spacial score (nSPS) is 22.5. The largest absolute Gasteiger partial charge is 0.478 e. The number of anilines is 1. The SMILES string of the molecule is COC(=O)c1ccc(Cl)c2c1[C@@H]1C=CC[C@@H]1[C@H](c1ccc(C(=O)O)cc1)N2. The molecule has 2 aromatic carbocycles. The summed E-state index contributed by atoms with van der Waals surface area (Å²) in [5.74, 6) is -1.09. The number of hydrogen-bond donors (Lipinski definition) is 2. The third-order valence-corrected chi connectivity index (χ3v) is 5.71. The summed E-state index contributed by atoms with van der Waals surface area (Å²) >= 11 is 6.46. The molecule has 1 aliphatic carbocycles. The Kier molecular flexibility index (Phi) is 4.40. The Balaban J connectivity index is 1.80. The van der Waals surface area contributed by atoms with Gasteiger partial charge in [0, 0.05) is 5.92 Å². The molecule has 0 aromatic heterocycles. The maximum Gasteiger partial charge on any atom is 0.338 e. The lowest BCUT2D eigenvalue weighted by atomic mass is 9.75. The first-order valence-electron chi connectivity index (χ1n) is 8.68. The second-order valence-corrected chi connectivity index (χ2v) is 7.19. The average Bonchev–Trinajstić information content (AvgIpc) is 3.17. The molecule has 0 spiro atoms. The fraction of sp³-hybridized carbons (Fsp3) is 0.238. The second kappa shape index (κ2) is 6.74. The van der Waals surface area contributed by atoms with Crippen molar-refractivity contribution in [2.45, 2.75) is 18.4 Å². The number of fused-ring (bicyclic) bond motifs is 3. The maximum absolute atomic E-state index is 12.3. The Morgan fingerprint density at radius 2 is 1.93 bits per heavy atom. The summed E-state index contributed by atoms with van der Waals surface area (Å²) < 4.78 is 4.95. The van der Waals surface area contributed by atoms with Crippen LogP contribution in [0.3, 0.4) is 0 Å². The predicted octanol–water partition coefficient (Wildman–Crippen LogP) is 4.65. The van der Waals surface area contributed by atoms with Gasteiger partial charge in [0.25, 0.3) is 0 Å². The van der Waals surface area contributed by atoms with Crippen molar-refractivity contribution < 1.29 is 19.4 Å². The number of carbonyl (C=O) groups is 2. The number of esters is 1. The van der Waals surface area contributed by atoms with Crippen LogP contribution < -0.4 is 5.32 Å². The molecule has 0 bridgehead atoms. The van der Waals surface area contributed by atoms with E-state index in [2.05, 4.69) is 17.5 Å². The van der Waals surface area contributed by atoms with Crippen LogP contribution in [-0.4, -0.2) is 24.2 Å². The number of methoxy groups -OCH3 is 1. The molecule has 0 saturated heterocycles. The minimum atomic E-state index is -0.949. The summed E-state index contributed by atoms with van der Waals surface area (Å²) in [6.07, 6.45) is 5.09. The monoisotopic (exact) mass is 383 g/mol. The van der Waals surface area contributed by atoms with Crippen molar-refractivity contribution in [3.05, 3.63) is 75.8 Å². The van der Waals surface area contributed by atoms with Gasteiger partial charge in [-0.15, -0.1) is 0 Å². The molecule has 2 aromatic rings. The molecular formula is C21H18ClNO4. The lowest BCUT2D eigenvalue weighted by molar-refractivity contribution is 0.0597. The molecule has 0 unspecified atom stereocenters. The van der Waals surface area contributed by atoms with Crippen LogP contribution in [0.15, 0.2) is 48.6 Å². The van der Waals surface area contributed by atoms with Gasteiger partial charge >= 0.3 is 11.9 Å². The molecule has 0 amide bonds. The molecular weight excluding hydrogens is 366 g/mol. The minimum absolute atomic E-state index is 0.0364. The lowest BCUT2D eigenvalue weighted by Gasteiger charge is -2.38. The van der Waals surface area contributed by atoms with E-state index in [1.807, 2.05) is 12.1 Å². The highest BCUT2D eigenvalue weighted by atomic mass is 35.5. The summed E-state index contributed by atoms with van der Waals surface area (Å²) in [4.78, 5) is 23.4. The van der Waals surface area contributed by atoms with Crippen LogP contribution in [0.4, 0.5) is 5.69 Å². The van der Waals surface area contributed by atoms with E-state index in [0.29, 0.717) is 10.6 Å². The summed E-state index contributed by atoms with van der Waals surface area (Å²) in [5.41, 5.74) is 3.36. The number of carbonyl (C=O) groups excluding carboxylic acids is 1. The topological polar surface area (TPSA) is 75.6 Å². The molecule has 0 fully saturated rings. The molecule has 0 radical (unpaired) electrons. The van der Waals surface area contributed by atoms with Crippen molar-refractivity contribution in [3.8, 4) is 0 Å². The zero-order valence-corrected chi connectivity index (χ0v) is 15.4. The quantitative estimate of drug-likeness (QED) is 0.596. The minimum Gasteiger partial charge on any atom is -0.478 e. The Labute approximate surface area is 161 Å². The van der Waals surface area contributed by atoms with Gasteiger partial charge in [-0.25, -0.2) is 9.59 Å². The standard InChI is InChI=1S/C21H18ClNO4/c1-27-21(26)15-9-10-16(22)19-17(15)13-3-2-4-14(13)18(23-19)11-5-7-12(8-6-11)20(24)25/h2-3,5-10,13-14,18,23H,4H2,1H3,(H,24,25)/t13-,14+,18+/m1/s1. The van der Waals surface area contributed by atoms with Crippen LogP contribution in [0.2, 0.25) is 5.02 Å². The van der Waals surface area contributed by atoms with Crippen LogP contribution in [-0.2, 0) is 4.74 Å². The highest BCUT2D eigenvalue weighted by Gasteiger charge is 2.41. The number of halogens is 1. The zero-order chi connectivity index (χ0) is 19.1. The van der Waals surface area contributed by atoms with E-state index < -0.39 is 5.97 Å². The lowest BCUT2D eigenvalue weighted by Crippen LogP contribution is -2.30. The first-order chi connectivity index (χ1) is 13.0. The van der Waals surface area contributed by atoms with E-state index in [-0.39, 0.29) is 29.4 Å². The average molecular weight is 384 g/mol.